The molecule has 0 amide bonds. The van der Waals surface area contributed by atoms with Gasteiger partial charge < -0.3 is 9.47 Å². The van der Waals surface area contributed by atoms with Gasteiger partial charge in [0.2, 0.25) is 0 Å². The van der Waals surface area contributed by atoms with Crippen molar-refractivity contribution in [1.29, 1.82) is 0 Å². The first-order valence-corrected chi connectivity index (χ1v) is 14.4. The van der Waals surface area contributed by atoms with Crippen molar-refractivity contribution in [2.75, 3.05) is 0 Å². The number of ether oxygens (including phenoxy) is 2. The maximum Gasteiger partial charge on any atom is 0.432 e. The molecule has 1 aliphatic carbocycles. The lowest BCUT2D eigenvalue weighted by atomic mass is 9.78. The monoisotopic (exact) mass is 630 g/mol. The summed E-state index contributed by atoms with van der Waals surface area (Å²) in [7, 11) is 0. The van der Waals surface area contributed by atoms with Gasteiger partial charge in [0.1, 0.15) is 28.8 Å². The topological polar surface area (TPSA) is 18.5 Å². The third-order valence-electron chi connectivity index (χ3n) is 7.93. The van der Waals surface area contributed by atoms with E-state index >= 15 is 4.39 Å². The van der Waals surface area contributed by atoms with Crippen LogP contribution in [0.2, 0.25) is 0 Å². The van der Waals surface area contributed by atoms with Crippen LogP contribution in [0.25, 0.3) is 11.1 Å². The highest BCUT2D eigenvalue weighted by Crippen LogP contribution is 2.39. The predicted molar refractivity (Wildman–Crippen MR) is 147 cm³/mol. The van der Waals surface area contributed by atoms with Crippen LogP contribution in [0.1, 0.15) is 69.4 Å². The maximum absolute atomic E-state index is 15.0. The van der Waals surface area contributed by atoms with Gasteiger partial charge in [0.05, 0.1) is 0 Å². The normalized spacial score (nSPS) is 17.0. The average molecular weight is 631 g/mol. The fourth-order valence-electron chi connectivity index (χ4n) is 5.64. The Morgan fingerprint density at radius 3 is 1.93 bits per heavy atom. The molecule has 0 N–H and O–H groups in total. The van der Waals surface area contributed by atoms with Gasteiger partial charge >= 0.3 is 12.2 Å². The molecule has 0 aliphatic heterocycles. The molecule has 0 unspecified atom stereocenters. The molecule has 11 heteroatoms. The second kappa shape index (κ2) is 14.4. The predicted octanol–water partition coefficient (Wildman–Crippen LogP) is 11.2. The molecule has 0 spiro atoms. The summed E-state index contributed by atoms with van der Waals surface area (Å²) in [5.41, 5.74) is -1.73. The van der Waals surface area contributed by atoms with Crippen molar-refractivity contribution in [3.8, 4) is 22.6 Å². The van der Waals surface area contributed by atoms with E-state index in [4.69, 9.17) is 0 Å². The van der Waals surface area contributed by atoms with Crippen LogP contribution in [0.4, 0.5) is 39.5 Å². The van der Waals surface area contributed by atoms with Crippen LogP contribution >= 0.6 is 0 Å². The third-order valence-corrected chi connectivity index (χ3v) is 7.93. The Bertz CT molecular complexity index is 1430. The molecule has 0 aromatic heterocycles. The van der Waals surface area contributed by atoms with Gasteiger partial charge in [0.25, 0.3) is 0 Å². The Hall–Kier alpha value is -3.63. The van der Waals surface area contributed by atoms with Gasteiger partial charge in [0.15, 0.2) is 23.6 Å². The van der Waals surface area contributed by atoms with Crippen LogP contribution in [0.15, 0.2) is 54.8 Å². The van der Waals surface area contributed by atoms with Crippen molar-refractivity contribution in [2.45, 2.75) is 70.8 Å². The fourth-order valence-corrected chi connectivity index (χ4v) is 5.64. The number of hydrogen-bond acceptors (Lipinski definition) is 2. The number of hydrogen-bond donors (Lipinski definition) is 0. The van der Waals surface area contributed by atoms with Gasteiger partial charge in [-0.05, 0) is 54.0 Å². The fraction of sp³-hybridized carbons (Fsp3) is 0.394. The maximum atomic E-state index is 15.0. The minimum atomic E-state index is -4.78. The average Bonchev–Trinajstić information content (AvgIpc) is 2.94. The zero-order valence-corrected chi connectivity index (χ0v) is 23.9. The van der Waals surface area contributed by atoms with Crippen molar-refractivity contribution in [1.82, 2.24) is 0 Å². The van der Waals surface area contributed by atoms with E-state index in [-0.39, 0.29) is 29.5 Å². The molecule has 4 rings (SSSR count). The summed E-state index contributed by atoms with van der Waals surface area (Å²) >= 11 is 0. The molecule has 0 bridgehead atoms. The number of unbranched alkanes of at least 4 members (excludes halogenated alkanes) is 1. The van der Waals surface area contributed by atoms with E-state index in [9.17, 15) is 35.1 Å². The van der Waals surface area contributed by atoms with E-state index in [0.717, 1.165) is 25.2 Å². The van der Waals surface area contributed by atoms with Gasteiger partial charge in [-0.3, -0.25) is 0 Å². The molecule has 0 radical (unpaired) electrons. The van der Waals surface area contributed by atoms with E-state index in [1.165, 1.54) is 44.2 Å². The lowest BCUT2D eigenvalue weighted by Gasteiger charge is -2.28. The molecule has 3 aromatic carbocycles. The van der Waals surface area contributed by atoms with E-state index < -0.39 is 58.3 Å². The largest absolute Gasteiger partial charge is 0.453 e. The van der Waals surface area contributed by atoms with Crippen LogP contribution < -0.4 is 9.47 Å². The van der Waals surface area contributed by atoms with Gasteiger partial charge in [-0.25, -0.2) is 22.0 Å². The minimum absolute atomic E-state index is 0.163. The zero-order valence-electron chi connectivity index (χ0n) is 23.9. The highest BCUT2D eigenvalue weighted by molar-refractivity contribution is 5.65. The number of halogens is 9. The van der Waals surface area contributed by atoms with Crippen LogP contribution in [0, 0.1) is 40.9 Å². The number of alkyl halides is 2. The van der Waals surface area contributed by atoms with Gasteiger partial charge in [0, 0.05) is 17.7 Å². The molecule has 0 heterocycles. The van der Waals surface area contributed by atoms with Crippen LogP contribution in [-0.2, 0) is 12.5 Å². The molecule has 1 saturated carbocycles. The first-order chi connectivity index (χ1) is 20.9. The zero-order chi connectivity index (χ0) is 32.0. The lowest BCUT2D eigenvalue weighted by Crippen LogP contribution is -2.25. The van der Waals surface area contributed by atoms with Gasteiger partial charge in [-0.15, -0.1) is 0 Å². The molecule has 1 fully saturated rings. The van der Waals surface area contributed by atoms with Crippen molar-refractivity contribution < 1.29 is 49.0 Å². The second-order valence-electron chi connectivity index (χ2n) is 11.1. The third kappa shape index (κ3) is 8.30. The van der Waals surface area contributed by atoms with E-state index in [0.29, 0.717) is 30.0 Å². The van der Waals surface area contributed by atoms with Crippen LogP contribution in [0.3, 0.4) is 0 Å². The molecule has 2 nitrogen and oxygen atoms in total. The molecule has 3 aromatic rings. The van der Waals surface area contributed by atoms with E-state index in [2.05, 4.69) is 16.4 Å². The Labute approximate surface area is 249 Å². The minimum Gasteiger partial charge on any atom is -0.453 e. The SMILES string of the molecule is CCCCC1CCC(CCc2ccc(-c3cc(F)c(C(F)(F)Oc4cc(F)c(OC=C(F)F)c(F)c4)c(F)c3)c(F)c2)CC1. The second-order valence-corrected chi connectivity index (χ2v) is 11.1. The summed E-state index contributed by atoms with van der Waals surface area (Å²) in [4.78, 5) is 0. The molecular weight excluding hydrogens is 599 g/mol. The first-order valence-electron chi connectivity index (χ1n) is 14.4. The Balaban J connectivity index is 1.45. The van der Waals surface area contributed by atoms with Gasteiger partial charge in [-0.2, -0.15) is 17.6 Å². The molecule has 1 aliphatic rings. The van der Waals surface area contributed by atoms with Gasteiger partial charge in [-0.1, -0.05) is 64.0 Å². The highest BCUT2D eigenvalue weighted by atomic mass is 19.3. The van der Waals surface area contributed by atoms with Crippen molar-refractivity contribution in [3.05, 3.63) is 95.0 Å². The Kier molecular flexibility index (Phi) is 10.9. The van der Waals surface area contributed by atoms with E-state index in [1.54, 1.807) is 6.07 Å². The summed E-state index contributed by atoms with van der Waals surface area (Å²) in [6.07, 6.45) is 2.41. The number of rotatable bonds is 12. The Morgan fingerprint density at radius 2 is 1.39 bits per heavy atom. The lowest BCUT2D eigenvalue weighted by molar-refractivity contribution is -0.189. The summed E-state index contributed by atoms with van der Waals surface area (Å²) < 4.78 is 135. The van der Waals surface area contributed by atoms with Crippen LogP contribution in [0.5, 0.6) is 11.5 Å². The van der Waals surface area contributed by atoms with Crippen molar-refractivity contribution in [2.24, 2.45) is 11.8 Å². The van der Waals surface area contributed by atoms with Crippen molar-refractivity contribution in [3.63, 3.8) is 0 Å². The molecule has 44 heavy (non-hydrogen) atoms. The highest BCUT2D eigenvalue weighted by Gasteiger charge is 2.41. The quantitative estimate of drug-likeness (QED) is 0.146. The molecule has 238 valence electrons. The standard InChI is InChI=1S/C33H31F9O2/c1-2-3-4-19-5-7-20(8-6-19)9-10-21-11-12-24(25(34)13-21)22-14-26(35)31(27(36)15-22)33(41,42)44-23-16-28(37)32(29(38)17-23)43-18-30(39)40/h11-20H,2-10H2,1H3. The summed E-state index contributed by atoms with van der Waals surface area (Å²) in [6, 6.07) is 5.54. The summed E-state index contributed by atoms with van der Waals surface area (Å²) in [6.45, 7) is 2.18. The van der Waals surface area contributed by atoms with Crippen molar-refractivity contribution >= 4 is 0 Å². The molecule has 0 atom stereocenters. The molecular formula is C33H31F9O2. The number of aryl methyl sites for hydroxylation is 1. The summed E-state index contributed by atoms with van der Waals surface area (Å²) in [5, 5.41) is 0. The Morgan fingerprint density at radius 1 is 0.795 bits per heavy atom. The van der Waals surface area contributed by atoms with E-state index in [1.807, 2.05) is 0 Å². The van der Waals surface area contributed by atoms with Crippen LogP contribution in [-0.4, -0.2) is 0 Å². The smallest absolute Gasteiger partial charge is 0.432 e. The summed E-state index contributed by atoms with van der Waals surface area (Å²) in [5.74, 6) is -8.99. The molecule has 0 saturated heterocycles. The number of benzene rings is 3. The first kappa shape index (κ1) is 33.3.